The normalized spacial score (nSPS) is 12.7. The molecular formula is C11H12F2N4O. The number of rotatable bonds is 3. The van der Waals surface area contributed by atoms with Crippen molar-refractivity contribution in [3.05, 3.63) is 30.1 Å². The Morgan fingerprint density at radius 1 is 1.50 bits per heavy atom. The summed E-state index contributed by atoms with van der Waals surface area (Å²) in [6.45, 7) is 1.76. The van der Waals surface area contributed by atoms with Crippen LogP contribution in [0.15, 0.2) is 18.5 Å². The maximum absolute atomic E-state index is 13.2. The van der Waals surface area contributed by atoms with E-state index < -0.39 is 11.6 Å². The van der Waals surface area contributed by atoms with Crippen LogP contribution in [-0.2, 0) is 4.79 Å². The summed E-state index contributed by atoms with van der Waals surface area (Å²) in [5.41, 5.74) is 2.80. The zero-order chi connectivity index (χ0) is 13.3. The van der Waals surface area contributed by atoms with Gasteiger partial charge in [-0.3, -0.25) is 10.2 Å². The fraction of sp³-hybridized carbons (Fsp3) is 0.273. The molecular weight excluding hydrogens is 242 g/mol. The Balaban J connectivity index is 2.39. The molecule has 18 heavy (non-hydrogen) atoms. The summed E-state index contributed by atoms with van der Waals surface area (Å²) in [6.07, 6.45) is 1.57. The van der Waals surface area contributed by atoms with E-state index in [9.17, 15) is 13.6 Å². The molecule has 1 aromatic carbocycles. The van der Waals surface area contributed by atoms with Gasteiger partial charge in [0.15, 0.2) is 11.6 Å². The van der Waals surface area contributed by atoms with Crippen molar-refractivity contribution in [3.8, 4) is 0 Å². The number of hydrogen-bond acceptors (Lipinski definition) is 3. The molecule has 0 fully saturated rings. The van der Waals surface area contributed by atoms with Gasteiger partial charge in [-0.25, -0.2) is 19.6 Å². The molecule has 0 aliphatic carbocycles. The van der Waals surface area contributed by atoms with E-state index in [1.807, 2.05) is 5.43 Å². The first-order valence-corrected chi connectivity index (χ1v) is 5.34. The van der Waals surface area contributed by atoms with Gasteiger partial charge in [0.1, 0.15) is 0 Å². The summed E-state index contributed by atoms with van der Waals surface area (Å²) in [4.78, 5) is 15.1. The minimum Gasteiger partial charge on any atom is -0.327 e. The molecule has 0 spiro atoms. The lowest BCUT2D eigenvalue weighted by molar-refractivity contribution is -0.121. The van der Waals surface area contributed by atoms with Crippen LogP contribution in [0, 0.1) is 11.6 Å². The Morgan fingerprint density at radius 3 is 2.83 bits per heavy atom. The molecule has 1 unspecified atom stereocenters. The lowest BCUT2D eigenvalue weighted by Crippen LogP contribution is -2.31. The van der Waals surface area contributed by atoms with Crippen molar-refractivity contribution in [2.24, 2.45) is 5.84 Å². The van der Waals surface area contributed by atoms with E-state index in [1.54, 1.807) is 11.5 Å². The molecule has 0 bridgehead atoms. The molecule has 1 amide bonds. The first-order chi connectivity index (χ1) is 8.52. The Labute approximate surface area is 102 Å². The SMILES string of the molecule is CC(CC(=O)NN)n1cnc2cc(F)c(F)cc21. The molecule has 1 atom stereocenters. The van der Waals surface area contributed by atoms with E-state index in [2.05, 4.69) is 4.98 Å². The van der Waals surface area contributed by atoms with Crippen LogP contribution in [0.1, 0.15) is 19.4 Å². The van der Waals surface area contributed by atoms with E-state index in [-0.39, 0.29) is 18.4 Å². The van der Waals surface area contributed by atoms with Crippen molar-refractivity contribution < 1.29 is 13.6 Å². The average Bonchev–Trinajstić information content (AvgIpc) is 2.72. The fourth-order valence-electron chi connectivity index (χ4n) is 1.80. The minimum absolute atomic E-state index is 0.126. The van der Waals surface area contributed by atoms with Gasteiger partial charge in [0.05, 0.1) is 17.4 Å². The van der Waals surface area contributed by atoms with Gasteiger partial charge in [-0.05, 0) is 6.92 Å². The Hall–Kier alpha value is -2.02. The Morgan fingerprint density at radius 2 is 2.17 bits per heavy atom. The summed E-state index contributed by atoms with van der Waals surface area (Å²) in [5.74, 6) is 2.77. The van der Waals surface area contributed by atoms with Crippen molar-refractivity contribution in [1.29, 1.82) is 0 Å². The van der Waals surface area contributed by atoms with Crippen LogP contribution >= 0.6 is 0 Å². The second-order valence-electron chi connectivity index (χ2n) is 4.03. The summed E-state index contributed by atoms with van der Waals surface area (Å²) in [6, 6.07) is 1.83. The number of amides is 1. The lowest BCUT2D eigenvalue weighted by atomic mass is 10.2. The van der Waals surface area contributed by atoms with Crippen molar-refractivity contribution in [2.45, 2.75) is 19.4 Å². The molecule has 7 heteroatoms. The van der Waals surface area contributed by atoms with Gasteiger partial charge in [0, 0.05) is 24.6 Å². The van der Waals surface area contributed by atoms with Crippen LogP contribution in [0.4, 0.5) is 8.78 Å². The molecule has 0 saturated carbocycles. The van der Waals surface area contributed by atoms with E-state index >= 15 is 0 Å². The smallest absolute Gasteiger partial charge is 0.235 e. The predicted octanol–water partition coefficient (Wildman–Crippen LogP) is 1.26. The van der Waals surface area contributed by atoms with Gasteiger partial charge in [0.25, 0.3) is 0 Å². The number of nitrogens with zero attached hydrogens (tertiary/aromatic N) is 2. The molecule has 0 radical (unpaired) electrons. The van der Waals surface area contributed by atoms with Gasteiger partial charge < -0.3 is 4.57 Å². The number of hydrogen-bond donors (Lipinski definition) is 2. The van der Waals surface area contributed by atoms with E-state index in [0.717, 1.165) is 12.1 Å². The predicted molar refractivity (Wildman–Crippen MR) is 61.3 cm³/mol. The molecule has 5 nitrogen and oxygen atoms in total. The fourth-order valence-corrected chi connectivity index (χ4v) is 1.80. The van der Waals surface area contributed by atoms with Gasteiger partial charge in [0.2, 0.25) is 5.91 Å². The zero-order valence-corrected chi connectivity index (χ0v) is 9.65. The highest BCUT2D eigenvalue weighted by atomic mass is 19.2. The molecule has 0 aliphatic heterocycles. The first kappa shape index (κ1) is 12.4. The number of nitrogens with two attached hydrogens (primary N) is 1. The van der Waals surface area contributed by atoms with Crippen LogP contribution in [0.3, 0.4) is 0 Å². The molecule has 96 valence electrons. The number of carbonyl (C=O) groups is 1. The molecule has 0 aliphatic rings. The number of carbonyl (C=O) groups excluding carboxylic acids is 1. The van der Waals surface area contributed by atoms with Crippen LogP contribution in [0.5, 0.6) is 0 Å². The molecule has 1 aromatic heterocycles. The van der Waals surface area contributed by atoms with Crippen LogP contribution in [-0.4, -0.2) is 15.5 Å². The van der Waals surface area contributed by atoms with Crippen LogP contribution < -0.4 is 11.3 Å². The number of halogens is 2. The van der Waals surface area contributed by atoms with Gasteiger partial charge in [-0.15, -0.1) is 0 Å². The second kappa shape index (κ2) is 4.69. The third-order valence-electron chi connectivity index (χ3n) is 2.73. The van der Waals surface area contributed by atoms with Crippen LogP contribution in [0.25, 0.3) is 11.0 Å². The largest absolute Gasteiger partial charge is 0.327 e. The van der Waals surface area contributed by atoms with Crippen molar-refractivity contribution in [2.75, 3.05) is 0 Å². The highest BCUT2D eigenvalue weighted by Crippen LogP contribution is 2.22. The van der Waals surface area contributed by atoms with Crippen molar-refractivity contribution >= 4 is 16.9 Å². The highest BCUT2D eigenvalue weighted by molar-refractivity contribution is 5.77. The highest BCUT2D eigenvalue weighted by Gasteiger charge is 2.15. The minimum atomic E-state index is -0.945. The van der Waals surface area contributed by atoms with Crippen molar-refractivity contribution in [3.63, 3.8) is 0 Å². The molecule has 1 heterocycles. The Bertz CT molecular complexity index is 596. The number of hydrazine groups is 1. The number of benzene rings is 1. The van der Waals surface area contributed by atoms with Gasteiger partial charge in [-0.2, -0.15) is 0 Å². The maximum atomic E-state index is 13.2. The third-order valence-corrected chi connectivity index (χ3v) is 2.73. The quantitative estimate of drug-likeness (QED) is 0.492. The molecule has 2 aromatic rings. The van der Waals surface area contributed by atoms with E-state index in [4.69, 9.17) is 5.84 Å². The molecule has 3 N–H and O–H groups in total. The summed E-state index contributed by atoms with van der Waals surface area (Å²) in [5, 5.41) is 0. The maximum Gasteiger partial charge on any atom is 0.235 e. The monoisotopic (exact) mass is 254 g/mol. The first-order valence-electron chi connectivity index (χ1n) is 5.34. The van der Waals surface area contributed by atoms with E-state index in [1.165, 1.54) is 6.33 Å². The number of imidazole rings is 1. The van der Waals surface area contributed by atoms with E-state index in [0.29, 0.717) is 11.0 Å². The standard InChI is InChI=1S/C11H12F2N4O/c1-6(2-11(18)16-14)17-5-15-9-3-7(12)8(13)4-10(9)17/h3-6H,2,14H2,1H3,(H,16,18). The van der Waals surface area contributed by atoms with Crippen LogP contribution in [0.2, 0.25) is 0 Å². The number of aromatic nitrogens is 2. The summed E-state index contributed by atoms with van der Waals surface area (Å²) < 4.78 is 27.8. The number of fused-ring (bicyclic) bond motifs is 1. The molecule has 0 saturated heterocycles. The summed E-state index contributed by atoms with van der Waals surface area (Å²) >= 11 is 0. The van der Waals surface area contributed by atoms with Crippen molar-refractivity contribution in [1.82, 2.24) is 15.0 Å². The zero-order valence-electron chi connectivity index (χ0n) is 9.65. The lowest BCUT2D eigenvalue weighted by Gasteiger charge is -2.13. The Kier molecular flexibility index (Phi) is 3.24. The van der Waals surface area contributed by atoms with Gasteiger partial charge >= 0.3 is 0 Å². The molecule has 2 rings (SSSR count). The third kappa shape index (κ3) is 2.17. The summed E-state index contributed by atoms with van der Waals surface area (Å²) in [7, 11) is 0. The van der Waals surface area contributed by atoms with Gasteiger partial charge in [-0.1, -0.05) is 0 Å². The topological polar surface area (TPSA) is 72.9 Å². The number of nitrogens with one attached hydrogen (secondary N) is 1. The average molecular weight is 254 g/mol. The second-order valence-corrected chi connectivity index (χ2v) is 4.03.